The minimum Gasteiger partial charge on any atom is -0.384 e. The van der Waals surface area contributed by atoms with Crippen LogP contribution in [0.1, 0.15) is 20.3 Å². The molecule has 4 heteroatoms. The first kappa shape index (κ1) is 12.5. The summed E-state index contributed by atoms with van der Waals surface area (Å²) in [4.78, 5) is 11.3. The minimum absolute atomic E-state index is 0.00102. The molecule has 0 saturated heterocycles. The molecule has 0 aliphatic heterocycles. The first-order valence-corrected chi connectivity index (χ1v) is 5.36. The predicted octanol–water partition coefficient (Wildman–Crippen LogP) is 2.15. The van der Waals surface area contributed by atoms with Crippen molar-refractivity contribution < 1.29 is 9.18 Å². The average Bonchev–Trinajstić information content (AvgIpc) is 2.16. The van der Waals surface area contributed by atoms with E-state index in [0.29, 0.717) is 18.7 Å². The Kier molecular flexibility index (Phi) is 4.76. The van der Waals surface area contributed by atoms with E-state index in [1.54, 1.807) is 12.1 Å². The molecule has 0 atom stereocenters. The second-order valence-corrected chi connectivity index (χ2v) is 3.91. The summed E-state index contributed by atoms with van der Waals surface area (Å²) >= 11 is 0. The molecule has 1 amide bonds. The maximum atomic E-state index is 12.8. The summed E-state index contributed by atoms with van der Waals surface area (Å²) in [6.45, 7) is 4.33. The molecule has 1 aromatic rings. The molecule has 88 valence electrons. The Bertz CT molecular complexity index is 353. The van der Waals surface area contributed by atoms with E-state index < -0.39 is 0 Å². The highest BCUT2D eigenvalue weighted by Gasteiger charge is 2.02. The fourth-order valence-corrected chi connectivity index (χ4v) is 1.31. The van der Waals surface area contributed by atoms with Crippen LogP contribution in [-0.4, -0.2) is 18.5 Å². The van der Waals surface area contributed by atoms with Gasteiger partial charge in [-0.3, -0.25) is 4.79 Å². The number of hydrogen-bond acceptors (Lipinski definition) is 2. The maximum absolute atomic E-state index is 12.8. The van der Waals surface area contributed by atoms with Gasteiger partial charge in [0, 0.05) is 24.7 Å². The maximum Gasteiger partial charge on any atom is 0.221 e. The molecule has 1 aromatic carbocycles. The zero-order chi connectivity index (χ0) is 12.0. The highest BCUT2D eigenvalue weighted by molar-refractivity contribution is 5.76. The van der Waals surface area contributed by atoms with Crippen LogP contribution in [0.15, 0.2) is 24.3 Å². The van der Waals surface area contributed by atoms with Crippen LogP contribution in [0, 0.1) is 5.82 Å². The van der Waals surface area contributed by atoms with Crippen LogP contribution >= 0.6 is 0 Å². The molecule has 0 aromatic heterocycles. The third kappa shape index (κ3) is 4.77. The Morgan fingerprint density at radius 1 is 1.44 bits per heavy atom. The van der Waals surface area contributed by atoms with Crippen LogP contribution in [0.5, 0.6) is 0 Å². The minimum atomic E-state index is -0.281. The lowest BCUT2D eigenvalue weighted by atomic mass is 10.3. The number of carbonyl (C=O) groups is 1. The summed E-state index contributed by atoms with van der Waals surface area (Å²) in [5.74, 6) is -0.282. The molecule has 0 radical (unpaired) electrons. The van der Waals surface area contributed by atoms with Gasteiger partial charge in [0.05, 0.1) is 0 Å². The molecule has 0 fully saturated rings. The van der Waals surface area contributed by atoms with Gasteiger partial charge in [-0.1, -0.05) is 6.07 Å². The van der Waals surface area contributed by atoms with Gasteiger partial charge >= 0.3 is 0 Å². The largest absolute Gasteiger partial charge is 0.384 e. The van der Waals surface area contributed by atoms with Gasteiger partial charge < -0.3 is 10.6 Å². The summed E-state index contributed by atoms with van der Waals surface area (Å²) in [6, 6.07) is 6.34. The topological polar surface area (TPSA) is 41.1 Å². The van der Waals surface area contributed by atoms with Gasteiger partial charge in [-0.15, -0.1) is 0 Å². The predicted molar refractivity (Wildman–Crippen MR) is 62.8 cm³/mol. The van der Waals surface area contributed by atoms with Crippen LogP contribution in [0.2, 0.25) is 0 Å². The van der Waals surface area contributed by atoms with Crippen molar-refractivity contribution in [1.82, 2.24) is 5.32 Å². The number of carbonyl (C=O) groups excluding carboxylic acids is 1. The smallest absolute Gasteiger partial charge is 0.221 e. The number of halogens is 1. The van der Waals surface area contributed by atoms with E-state index in [0.717, 1.165) is 0 Å². The Balaban J connectivity index is 2.28. The molecule has 0 heterocycles. The average molecular weight is 224 g/mol. The van der Waals surface area contributed by atoms with E-state index in [9.17, 15) is 9.18 Å². The number of hydrogen-bond donors (Lipinski definition) is 2. The van der Waals surface area contributed by atoms with Gasteiger partial charge in [-0.25, -0.2) is 4.39 Å². The van der Waals surface area contributed by atoms with Crippen molar-refractivity contribution in [2.75, 3.05) is 11.9 Å². The van der Waals surface area contributed by atoms with Gasteiger partial charge in [0.1, 0.15) is 5.82 Å². The molecule has 2 N–H and O–H groups in total. The van der Waals surface area contributed by atoms with Crippen molar-refractivity contribution in [2.24, 2.45) is 0 Å². The van der Waals surface area contributed by atoms with Crippen LogP contribution in [0.4, 0.5) is 10.1 Å². The van der Waals surface area contributed by atoms with Crippen molar-refractivity contribution >= 4 is 11.6 Å². The number of anilines is 1. The van der Waals surface area contributed by atoms with E-state index >= 15 is 0 Å². The summed E-state index contributed by atoms with van der Waals surface area (Å²) in [5, 5.41) is 5.78. The Morgan fingerprint density at radius 3 is 2.81 bits per heavy atom. The summed E-state index contributed by atoms with van der Waals surface area (Å²) < 4.78 is 12.8. The molecular formula is C12H17FN2O. The van der Waals surface area contributed by atoms with E-state index in [4.69, 9.17) is 0 Å². The Hall–Kier alpha value is -1.58. The number of rotatable bonds is 5. The van der Waals surface area contributed by atoms with E-state index in [2.05, 4.69) is 10.6 Å². The molecule has 0 saturated carbocycles. The molecular weight excluding hydrogens is 207 g/mol. The Labute approximate surface area is 95.0 Å². The lowest BCUT2D eigenvalue weighted by Crippen LogP contribution is -2.31. The van der Waals surface area contributed by atoms with Gasteiger partial charge in [0.2, 0.25) is 5.91 Å². The molecule has 0 bridgehead atoms. The second-order valence-electron chi connectivity index (χ2n) is 3.91. The molecule has 0 spiro atoms. The third-order valence-electron chi connectivity index (χ3n) is 1.96. The fraction of sp³-hybridized carbons (Fsp3) is 0.417. The standard InChI is InChI=1S/C12H17FN2O/c1-9(2)15-12(16)6-7-14-11-5-3-4-10(13)8-11/h3-5,8-9,14H,6-7H2,1-2H3,(H,15,16). The second kappa shape index (κ2) is 6.10. The van der Waals surface area contributed by atoms with Crippen molar-refractivity contribution in [3.63, 3.8) is 0 Å². The molecule has 0 aliphatic carbocycles. The van der Waals surface area contributed by atoms with E-state index in [1.165, 1.54) is 12.1 Å². The van der Waals surface area contributed by atoms with Crippen molar-refractivity contribution in [3.05, 3.63) is 30.1 Å². The molecule has 0 unspecified atom stereocenters. The van der Waals surface area contributed by atoms with Crippen LogP contribution < -0.4 is 10.6 Å². The zero-order valence-electron chi connectivity index (χ0n) is 9.59. The van der Waals surface area contributed by atoms with Crippen LogP contribution in [0.25, 0.3) is 0 Å². The number of amides is 1. The molecule has 16 heavy (non-hydrogen) atoms. The first-order valence-electron chi connectivity index (χ1n) is 5.36. The molecule has 0 aliphatic rings. The first-order chi connectivity index (χ1) is 7.58. The van der Waals surface area contributed by atoms with Crippen LogP contribution in [0.3, 0.4) is 0 Å². The third-order valence-corrected chi connectivity index (χ3v) is 1.96. The van der Waals surface area contributed by atoms with Crippen molar-refractivity contribution in [3.8, 4) is 0 Å². The zero-order valence-corrected chi connectivity index (χ0v) is 9.59. The summed E-state index contributed by atoms with van der Waals surface area (Å²) in [5.41, 5.74) is 0.692. The number of nitrogens with one attached hydrogen (secondary N) is 2. The van der Waals surface area contributed by atoms with Crippen LogP contribution in [-0.2, 0) is 4.79 Å². The highest BCUT2D eigenvalue weighted by Crippen LogP contribution is 2.08. The molecule has 1 rings (SSSR count). The van der Waals surface area contributed by atoms with Crippen molar-refractivity contribution in [2.45, 2.75) is 26.3 Å². The van der Waals surface area contributed by atoms with Gasteiger partial charge in [-0.05, 0) is 32.0 Å². The van der Waals surface area contributed by atoms with Gasteiger partial charge in [-0.2, -0.15) is 0 Å². The van der Waals surface area contributed by atoms with Crippen molar-refractivity contribution in [1.29, 1.82) is 0 Å². The van der Waals surface area contributed by atoms with E-state index in [-0.39, 0.29) is 17.8 Å². The lowest BCUT2D eigenvalue weighted by Gasteiger charge is -2.09. The fourth-order valence-electron chi connectivity index (χ4n) is 1.31. The summed E-state index contributed by atoms with van der Waals surface area (Å²) in [6.07, 6.45) is 0.384. The highest BCUT2D eigenvalue weighted by atomic mass is 19.1. The lowest BCUT2D eigenvalue weighted by molar-refractivity contribution is -0.121. The van der Waals surface area contributed by atoms with Gasteiger partial charge in [0.15, 0.2) is 0 Å². The SMILES string of the molecule is CC(C)NC(=O)CCNc1cccc(F)c1. The normalized spacial score (nSPS) is 10.2. The van der Waals surface area contributed by atoms with E-state index in [1.807, 2.05) is 13.8 Å². The quantitative estimate of drug-likeness (QED) is 0.804. The molecule has 3 nitrogen and oxygen atoms in total. The summed E-state index contributed by atoms with van der Waals surface area (Å²) in [7, 11) is 0. The monoisotopic (exact) mass is 224 g/mol. The Morgan fingerprint density at radius 2 is 2.19 bits per heavy atom. The van der Waals surface area contributed by atoms with Gasteiger partial charge in [0.25, 0.3) is 0 Å². The number of benzene rings is 1.